The smallest absolute Gasteiger partial charge is 0.354 e. The Balaban J connectivity index is 1.41. The highest BCUT2D eigenvalue weighted by molar-refractivity contribution is 6.06. The molecule has 0 radical (unpaired) electrons. The maximum absolute atomic E-state index is 14.8. The van der Waals surface area contributed by atoms with Gasteiger partial charge in [-0.25, -0.2) is 9.97 Å². The third kappa shape index (κ3) is 2.83. The fourth-order valence-corrected chi connectivity index (χ4v) is 5.68. The Kier molecular flexibility index (Phi) is 4.50. The first-order valence-electron chi connectivity index (χ1n) is 11.4. The van der Waals surface area contributed by atoms with Gasteiger partial charge in [0, 0.05) is 41.9 Å². The minimum Gasteiger partial charge on any atom is -0.376 e. The van der Waals surface area contributed by atoms with Gasteiger partial charge < -0.3 is 20.7 Å². The van der Waals surface area contributed by atoms with Crippen LogP contribution in [0.5, 0.6) is 0 Å². The quantitative estimate of drug-likeness (QED) is 0.593. The topological polar surface area (TPSA) is 111 Å². The lowest BCUT2D eigenvalue weighted by Crippen LogP contribution is -2.51. The number of amides is 1. The molecule has 6 heterocycles. The number of hydrogen-bond acceptors (Lipinski definition) is 7. The van der Waals surface area contributed by atoms with Gasteiger partial charge in [-0.1, -0.05) is 0 Å². The molecule has 34 heavy (non-hydrogen) atoms. The van der Waals surface area contributed by atoms with E-state index in [9.17, 15) is 13.6 Å². The highest BCUT2D eigenvalue weighted by atomic mass is 19.3. The van der Waals surface area contributed by atoms with Gasteiger partial charge in [-0.05, 0) is 44.4 Å². The van der Waals surface area contributed by atoms with Crippen molar-refractivity contribution in [3.05, 3.63) is 35.8 Å². The fraction of sp³-hybridized carbons (Fsp3) is 0.478. The number of hydrogen-bond donors (Lipinski definition) is 2. The van der Waals surface area contributed by atoms with E-state index in [1.165, 1.54) is 18.6 Å². The van der Waals surface area contributed by atoms with Crippen molar-refractivity contribution in [3.63, 3.8) is 0 Å². The first-order chi connectivity index (χ1) is 16.2. The zero-order chi connectivity index (χ0) is 23.8. The van der Waals surface area contributed by atoms with Crippen LogP contribution in [0.2, 0.25) is 0 Å². The molecular formula is C23H25F2N7O2. The molecule has 178 valence electrons. The Bertz CT molecular complexity index is 1320. The van der Waals surface area contributed by atoms with Crippen LogP contribution in [0.4, 0.5) is 20.4 Å². The van der Waals surface area contributed by atoms with Gasteiger partial charge in [0.1, 0.15) is 18.0 Å². The summed E-state index contributed by atoms with van der Waals surface area (Å²) in [6.45, 7) is 6.11. The number of halogens is 2. The number of anilines is 2. The van der Waals surface area contributed by atoms with Crippen molar-refractivity contribution in [3.8, 4) is 11.1 Å². The van der Waals surface area contributed by atoms with E-state index in [1.54, 1.807) is 4.52 Å². The van der Waals surface area contributed by atoms with Crippen molar-refractivity contribution < 1.29 is 18.3 Å². The van der Waals surface area contributed by atoms with E-state index in [-0.39, 0.29) is 28.9 Å². The highest BCUT2D eigenvalue weighted by Gasteiger charge is 2.51. The van der Waals surface area contributed by atoms with Crippen LogP contribution in [0.1, 0.15) is 30.9 Å². The number of ether oxygens (including phenoxy) is 1. The number of fused-ring (bicyclic) bond motifs is 2. The molecule has 3 N–H and O–H groups in total. The highest BCUT2D eigenvalue weighted by Crippen LogP contribution is 2.47. The zero-order valence-electron chi connectivity index (χ0n) is 18.9. The molecule has 6 rings (SSSR count). The van der Waals surface area contributed by atoms with Gasteiger partial charge in [-0.3, -0.25) is 4.79 Å². The average Bonchev–Trinajstić information content (AvgIpc) is 3.46. The van der Waals surface area contributed by atoms with Gasteiger partial charge in [0.15, 0.2) is 5.65 Å². The SMILES string of the molecule is Cc1cc(N2CCC3(CC2)COC(C)C3N)n2ncnc2c1-c1ccnc2c1C(F)(F)C(=O)N2. The molecule has 3 aromatic heterocycles. The molecule has 3 aliphatic rings. The second kappa shape index (κ2) is 7.16. The second-order valence-electron chi connectivity index (χ2n) is 9.56. The normalized spacial score (nSPS) is 25.2. The summed E-state index contributed by atoms with van der Waals surface area (Å²) in [5, 5.41) is 6.59. The Labute approximate surface area is 194 Å². The first kappa shape index (κ1) is 21.4. The third-order valence-corrected chi connectivity index (χ3v) is 7.71. The molecule has 1 amide bonds. The monoisotopic (exact) mass is 469 g/mol. The van der Waals surface area contributed by atoms with Crippen LogP contribution in [-0.4, -0.2) is 57.3 Å². The van der Waals surface area contributed by atoms with Gasteiger partial charge in [0.05, 0.1) is 18.3 Å². The number of nitrogens with zero attached hydrogens (tertiary/aromatic N) is 5. The number of alkyl halides is 2. The van der Waals surface area contributed by atoms with Crippen molar-refractivity contribution in [1.82, 2.24) is 19.6 Å². The van der Waals surface area contributed by atoms with Crippen LogP contribution in [0.15, 0.2) is 24.7 Å². The molecule has 2 unspecified atom stereocenters. The lowest BCUT2D eigenvalue weighted by atomic mass is 9.73. The largest absolute Gasteiger partial charge is 0.376 e. The summed E-state index contributed by atoms with van der Waals surface area (Å²) in [6, 6.07) is 3.45. The molecule has 0 bridgehead atoms. The minimum atomic E-state index is -3.68. The molecule has 3 aromatic rings. The number of nitrogens with one attached hydrogen (secondary N) is 1. The van der Waals surface area contributed by atoms with Crippen LogP contribution >= 0.6 is 0 Å². The molecule has 2 fully saturated rings. The summed E-state index contributed by atoms with van der Waals surface area (Å²) in [7, 11) is 0. The fourth-order valence-electron chi connectivity index (χ4n) is 5.68. The number of aryl methyl sites for hydroxylation is 1. The van der Waals surface area contributed by atoms with E-state index in [4.69, 9.17) is 10.5 Å². The van der Waals surface area contributed by atoms with Gasteiger partial charge in [-0.15, -0.1) is 0 Å². The molecule has 2 atom stereocenters. The number of carbonyl (C=O) groups excluding carboxylic acids is 1. The molecular weight excluding hydrogens is 444 g/mol. The second-order valence-corrected chi connectivity index (χ2v) is 9.56. The molecule has 1 spiro atoms. The van der Waals surface area contributed by atoms with E-state index in [1.807, 2.05) is 19.9 Å². The molecule has 0 aliphatic carbocycles. The number of rotatable bonds is 2. The van der Waals surface area contributed by atoms with Gasteiger partial charge in [0.25, 0.3) is 0 Å². The number of aromatic nitrogens is 4. The van der Waals surface area contributed by atoms with Crippen molar-refractivity contribution in [2.24, 2.45) is 11.1 Å². The Hall–Kier alpha value is -3.18. The van der Waals surface area contributed by atoms with Crippen LogP contribution < -0.4 is 16.0 Å². The summed E-state index contributed by atoms with van der Waals surface area (Å²) in [6.07, 6.45) is 4.67. The lowest BCUT2D eigenvalue weighted by Gasteiger charge is -2.42. The molecule has 0 saturated carbocycles. The Morgan fingerprint density at radius 3 is 2.74 bits per heavy atom. The molecule has 2 saturated heterocycles. The number of pyridine rings is 2. The maximum atomic E-state index is 14.8. The van der Waals surface area contributed by atoms with E-state index in [0.29, 0.717) is 17.8 Å². The Morgan fingerprint density at radius 2 is 2.03 bits per heavy atom. The minimum absolute atomic E-state index is 0.0110. The van der Waals surface area contributed by atoms with Gasteiger partial charge >= 0.3 is 11.8 Å². The number of nitrogens with two attached hydrogens (primary N) is 1. The lowest BCUT2D eigenvalue weighted by molar-refractivity contribution is -0.139. The van der Waals surface area contributed by atoms with Crippen molar-refractivity contribution >= 4 is 23.2 Å². The van der Waals surface area contributed by atoms with E-state index >= 15 is 0 Å². The van der Waals surface area contributed by atoms with E-state index < -0.39 is 17.4 Å². The van der Waals surface area contributed by atoms with Gasteiger partial charge in [-0.2, -0.15) is 18.4 Å². The van der Waals surface area contributed by atoms with Crippen molar-refractivity contribution in [2.45, 2.75) is 44.8 Å². The predicted molar refractivity (Wildman–Crippen MR) is 121 cm³/mol. The summed E-state index contributed by atoms with van der Waals surface area (Å²) >= 11 is 0. The molecule has 11 heteroatoms. The zero-order valence-corrected chi connectivity index (χ0v) is 18.9. The van der Waals surface area contributed by atoms with E-state index in [2.05, 4.69) is 25.3 Å². The summed E-state index contributed by atoms with van der Waals surface area (Å²) in [5.41, 5.74) is 7.95. The molecule has 3 aliphatic heterocycles. The van der Waals surface area contributed by atoms with Crippen LogP contribution in [0, 0.1) is 12.3 Å². The number of piperidine rings is 1. The Morgan fingerprint density at radius 1 is 1.26 bits per heavy atom. The van der Waals surface area contributed by atoms with E-state index in [0.717, 1.165) is 37.3 Å². The van der Waals surface area contributed by atoms with Crippen molar-refractivity contribution in [2.75, 3.05) is 29.9 Å². The maximum Gasteiger partial charge on any atom is 0.354 e. The summed E-state index contributed by atoms with van der Waals surface area (Å²) in [5.74, 6) is -4.34. The third-order valence-electron chi connectivity index (χ3n) is 7.71. The molecule has 0 aromatic carbocycles. The predicted octanol–water partition coefficient (Wildman–Crippen LogP) is 2.48. The average molecular weight is 469 g/mol. The first-order valence-corrected chi connectivity index (χ1v) is 11.4. The number of carbonyl (C=O) groups is 1. The van der Waals surface area contributed by atoms with Gasteiger partial charge in [0.2, 0.25) is 0 Å². The molecule has 9 nitrogen and oxygen atoms in total. The van der Waals surface area contributed by atoms with Crippen molar-refractivity contribution in [1.29, 1.82) is 0 Å². The van der Waals surface area contributed by atoms with Crippen LogP contribution in [0.25, 0.3) is 16.8 Å². The standard InChI is InChI=1S/C23H25F2N7O2/c1-12-9-15(31-7-4-22(5-8-31)10-34-13(2)18(22)26)32-20(28-11-29-32)16(12)14-3-6-27-19-17(14)23(24,25)21(33)30-19/h3,6,9,11,13,18H,4-5,7-8,10,26H2,1-2H3,(H,27,30,33). The van der Waals surface area contributed by atoms with Crippen LogP contribution in [-0.2, 0) is 15.5 Å². The van der Waals surface area contributed by atoms with Crippen LogP contribution in [0.3, 0.4) is 0 Å². The summed E-state index contributed by atoms with van der Waals surface area (Å²) in [4.78, 5) is 22.5. The summed E-state index contributed by atoms with van der Waals surface area (Å²) < 4.78 is 37.1.